The van der Waals surface area contributed by atoms with Gasteiger partial charge in [-0.25, -0.2) is 4.98 Å². The third-order valence-corrected chi connectivity index (χ3v) is 5.16. The van der Waals surface area contributed by atoms with Crippen molar-refractivity contribution in [3.8, 4) is 11.5 Å². The van der Waals surface area contributed by atoms with Crippen LogP contribution < -0.4 is 10.6 Å². The number of aromatic nitrogens is 5. The molecule has 3 heterocycles. The lowest BCUT2D eigenvalue weighted by atomic mass is 10.2. The van der Waals surface area contributed by atoms with E-state index in [4.69, 9.17) is 0 Å². The van der Waals surface area contributed by atoms with Crippen molar-refractivity contribution in [2.75, 3.05) is 10.6 Å². The van der Waals surface area contributed by atoms with Gasteiger partial charge in [-0.2, -0.15) is 0 Å². The minimum atomic E-state index is -0.344. The molecular formula is C21H19N7O2S. The second-order valence-electron chi connectivity index (χ2n) is 6.92. The molecule has 0 saturated carbocycles. The molecule has 0 aliphatic heterocycles. The van der Waals surface area contributed by atoms with E-state index in [-0.39, 0.29) is 17.9 Å². The number of pyridine rings is 1. The number of hydrogen-bond acceptors (Lipinski definition) is 7. The average Bonchev–Trinajstić information content (AvgIpc) is 3.46. The maximum Gasteiger partial charge on any atom is 0.267 e. The summed E-state index contributed by atoms with van der Waals surface area (Å²) in [6, 6.07) is 12.2. The minimum Gasteiger partial charge on any atom is -0.321 e. The van der Waals surface area contributed by atoms with Gasteiger partial charge in [0, 0.05) is 17.3 Å². The number of carbonyl (C=O) groups excluding carboxylic acids is 2. The van der Waals surface area contributed by atoms with Crippen LogP contribution in [0.1, 0.15) is 39.9 Å². The fourth-order valence-corrected chi connectivity index (χ4v) is 3.40. The van der Waals surface area contributed by atoms with Crippen molar-refractivity contribution in [2.45, 2.75) is 19.9 Å². The number of nitrogens with zero attached hydrogens (tertiary/aromatic N) is 5. The van der Waals surface area contributed by atoms with Crippen LogP contribution in [0.2, 0.25) is 0 Å². The van der Waals surface area contributed by atoms with E-state index in [1.165, 1.54) is 17.5 Å². The third-order valence-electron chi connectivity index (χ3n) is 4.39. The molecule has 2 N–H and O–H groups in total. The highest BCUT2D eigenvalue weighted by molar-refractivity contribution is 7.11. The molecule has 10 heteroatoms. The van der Waals surface area contributed by atoms with Gasteiger partial charge in [0.1, 0.15) is 22.7 Å². The van der Waals surface area contributed by atoms with Crippen LogP contribution in [0.15, 0.2) is 60.5 Å². The molecule has 9 nitrogen and oxygen atoms in total. The van der Waals surface area contributed by atoms with E-state index < -0.39 is 0 Å². The summed E-state index contributed by atoms with van der Waals surface area (Å²) >= 11 is 1.24. The van der Waals surface area contributed by atoms with E-state index in [1.807, 2.05) is 24.5 Å². The van der Waals surface area contributed by atoms with E-state index in [1.54, 1.807) is 48.2 Å². The van der Waals surface area contributed by atoms with Gasteiger partial charge in [0.2, 0.25) is 0 Å². The minimum absolute atomic E-state index is 0.174. The molecule has 3 aromatic heterocycles. The molecule has 0 radical (unpaired) electrons. The van der Waals surface area contributed by atoms with Crippen molar-refractivity contribution < 1.29 is 9.59 Å². The van der Waals surface area contributed by atoms with Crippen LogP contribution in [0.4, 0.5) is 11.5 Å². The summed E-state index contributed by atoms with van der Waals surface area (Å²) in [7, 11) is 0. The lowest BCUT2D eigenvalue weighted by Crippen LogP contribution is -2.15. The normalized spacial score (nSPS) is 10.8. The van der Waals surface area contributed by atoms with E-state index in [0.717, 1.165) is 0 Å². The SMILES string of the molecule is CC(C)n1cnnc1-c1cccc(NC(=O)c2cccc(NC(=O)c3cncs3)c2)n1. The van der Waals surface area contributed by atoms with E-state index in [9.17, 15) is 9.59 Å². The summed E-state index contributed by atoms with van der Waals surface area (Å²) in [6.45, 7) is 4.05. The zero-order chi connectivity index (χ0) is 21.8. The Kier molecular flexibility index (Phi) is 5.80. The molecular weight excluding hydrogens is 414 g/mol. The Hall–Kier alpha value is -3.92. The van der Waals surface area contributed by atoms with Crippen LogP contribution in [-0.4, -0.2) is 36.5 Å². The summed E-state index contributed by atoms with van der Waals surface area (Å²) in [5, 5.41) is 13.7. The summed E-state index contributed by atoms with van der Waals surface area (Å²) in [5.41, 5.74) is 3.09. The number of benzene rings is 1. The molecule has 0 bridgehead atoms. The Bertz CT molecular complexity index is 1220. The van der Waals surface area contributed by atoms with Crippen molar-refractivity contribution in [2.24, 2.45) is 0 Å². The first-order valence-electron chi connectivity index (χ1n) is 9.49. The van der Waals surface area contributed by atoms with E-state index in [2.05, 4.69) is 30.8 Å². The Morgan fingerprint density at radius 1 is 1.06 bits per heavy atom. The van der Waals surface area contributed by atoms with Gasteiger partial charge in [-0.3, -0.25) is 14.6 Å². The molecule has 0 saturated heterocycles. The predicted octanol–water partition coefficient (Wildman–Crippen LogP) is 3.88. The molecule has 0 atom stereocenters. The van der Waals surface area contributed by atoms with Crippen LogP contribution in [-0.2, 0) is 0 Å². The quantitative estimate of drug-likeness (QED) is 0.477. The highest BCUT2D eigenvalue weighted by Gasteiger charge is 2.14. The zero-order valence-corrected chi connectivity index (χ0v) is 17.6. The lowest BCUT2D eigenvalue weighted by Gasteiger charge is -2.11. The number of anilines is 2. The highest BCUT2D eigenvalue weighted by Crippen LogP contribution is 2.20. The standard InChI is InChI=1S/C21H19N7O2S/c1-13(2)28-11-23-27-19(28)16-7-4-8-18(25-16)26-20(29)14-5-3-6-15(9-14)24-21(30)17-10-22-12-31-17/h3-13H,1-2H3,(H,24,30)(H,25,26,29). The first-order valence-corrected chi connectivity index (χ1v) is 10.4. The van der Waals surface area contributed by atoms with Crippen molar-refractivity contribution >= 4 is 34.7 Å². The van der Waals surface area contributed by atoms with Crippen LogP contribution in [0.25, 0.3) is 11.5 Å². The monoisotopic (exact) mass is 433 g/mol. The Balaban J connectivity index is 1.50. The number of amides is 2. The maximum atomic E-state index is 12.7. The number of carbonyl (C=O) groups is 2. The van der Waals surface area contributed by atoms with Crippen molar-refractivity contribution in [3.63, 3.8) is 0 Å². The molecule has 0 unspecified atom stereocenters. The second kappa shape index (κ2) is 8.84. The van der Waals surface area contributed by atoms with Gasteiger partial charge in [0.25, 0.3) is 11.8 Å². The van der Waals surface area contributed by atoms with Crippen molar-refractivity contribution in [3.05, 3.63) is 70.9 Å². The first kappa shape index (κ1) is 20.4. The highest BCUT2D eigenvalue weighted by atomic mass is 32.1. The molecule has 0 aliphatic carbocycles. The molecule has 0 aliphatic rings. The van der Waals surface area contributed by atoms with Crippen LogP contribution >= 0.6 is 11.3 Å². The van der Waals surface area contributed by atoms with E-state index >= 15 is 0 Å². The lowest BCUT2D eigenvalue weighted by molar-refractivity contribution is 0.101. The van der Waals surface area contributed by atoms with Gasteiger partial charge in [-0.1, -0.05) is 12.1 Å². The molecule has 1 aromatic carbocycles. The third kappa shape index (κ3) is 4.64. The Morgan fingerprint density at radius 3 is 2.68 bits per heavy atom. The Morgan fingerprint density at radius 2 is 1.90 bits per heavy atom. The molecule has 2 amide bonds. The van der Waals surface area contributed by atoms with Gasteiger partial charge >= 0.3 is 0 Å². The fraction of sp³-hybridized carbons (Fsp3) is 0.143. The maximum absolute atomic E-state index is 12.7. The molecule has 156 valence electrons. The Labute approximate surface area is 182 Å². The smallest absolute Gasteiger partial charge is 0.267 e. The number of nitrogens with one attached hydrogen (secondary N) is 2. The second-order valence-corrected chi connectivity index (χ2v) is 7.80. The topological polar surface area (TPSA) is 115 Å². The molecule has 4 rings (SSSR count). The van der Waals surface area contributed by atoms with Gasteiger partial charge in [0.05, 0.1) is 11.7 Å². The largest absolute Gasteiger partial charge is 0.321 e. The van der Waals surface area contributed by atoms with Gasteiger partial charge in [-0.05, 0) is 44.2 Å². The van der Waals surface area contributed by atoms with Crippen molar-refractivity contribution in [1.29, 1.82) is 0 Å². The summed E-state index contributed by atoms with van der Waals surface area (Å²) < 4.78 is 1.91. The summed E-state index contributed by atoms with van der Waals surface area (Å²) in [6.07, 6.45) is 3.15. The number of thiazole rings is 1. The molecule has 4 aromatic rings. The fourth-order valence-electron chi connectivity index (χ4n) is 2.88. The van der Waals surface area contributed by atoms with Crippen LogP contribution in [0, 0.1) is 0 Å². The number of hydrogen-bond donors (Lipinski definition) is 2. The van der Waals surface area contributed by atoms with Gasteiger partial charge in [-0.15, -0.1) is 21.5 Å². The predicted molar refractivity (Wildman–Crippen MR) is 118 cm³/mol. The number of rotatable bonds is 6. The molecule has 0 spiro atoms. The zero-order valence-electron chi connectivity index (χ0n) is 16.8. The van der Waals surface area contributed by atoms with Gasteiger partial charge < -0.3 is 15.2 Å². The van der Waals surface area contributed by atoms with Gasteiger partial charge in [0.15, 0.2) is 5.82 Å². The van der Waals surface area contributed by atoms with E-state index in [0.29, 0.717) is 33.5 Å². The summed E-state index contributed by atoms with van der Waals surface area (Å²) in [4.78, 5) is 33.8. The summed E-state index contributed by atoms with van der Waals surface area (Å²) in [5.74, 6) is 0.395. The average molecular weight is 433 g/mol. The molecule has 0 fully saturated rings. The molecule has 31 heavy (non-hydrogen) atoms. The van der Waals surface area contributed by atoms with Crippen LogP contribution in [0.3, 0.4) is 0 Å². The van der Waals surface area contributed by atoms with Crippen molar-refractivity contribution in [1.82, 2.24) is 24.7 Å². The van der Waals surface area contributed by atoms with Crippen LogP contribution in [0.5, 0.6) is 0 Å². The first-order chi connectivity index (χ1) is 15.0.